The summed E-state index contributed by atoms with van der Waals surface area (Å²) in [6, 6.07) is 13.3. The van der Waals surface area contributed by atoms with E-state index in [0.717, 1.165) is 22.3 Å². The number of anilines is 4. The number of nitrogens with one attached hydrogen (secondary N) is 2. The van der Waals surface area contributed by atoms with Crippen LogP contribution in [0, 0.1) is 6.92 Å². The maximum atomic E-state index is 6.07. The third kappa shape index (κ3) is 3.44. The van der Waals surface area contributed by atoms with Crippen LogP contribution in [-0.4, -0.2) is 26.9 Å². The Kier molecular flexibility index (Phi) is 4.75. The second-order valence-corrected chi connectivity index (χ2v) is 6.75. The molecule has 0 radical (unpaired) electrons. The lowest BCUT2D eigenvalue weighted by Gasteiger charge is -2.13. The van der Waals surface area contributed by atoms with E-state index in [-0.39, 0.29) is 0 Å². The van der Waals surface area contributed by atoms with Gasteiger partial charge in [0.1, 0.15) is 11.6 Å². The van der Waals surface area contributed by atoms with Gasteiger partial charge in [0.25, 0.3) is 0 Å². The quantitative estimate of drug-likeness (QED) is 0.505. The number of fused-ring (bicyclic) bond motifs is 1. The summed E-state index contributed by atoms with van der Waals surface area (Å²) in [5.41, 5.74) is 3.42. The fraction of sp³-hybridized carbons (Fsp3) is 0.150. The van der Waals surface area contributed by atoms with Crippen LogP contribution in [0.2, 0.25) is 5.02 Å². The first-order chi connectivity index (χ1) is 13.5. The Morgan fingerprint density at radius 3 is 2.64 bits per heavy atom. The highest BCUT2D eigenvalue weighted by Crippen LogP contribution is 2.30. The molecule has 8 heteroatoms. The van der Waals surface area contributed by atoms with Gasteiger partial charge < -0.3 is 15.4 Å². The molecular formula is C20H19ClN6O. The van der Waals surface area contributed by atoms with E-state index in [0.29, 0.717) is 28.2 Å². The molecule has 142 valence electrons. The average molecular weight is 395 g/mol. The molecule has 28 heavy (non-hydrogen) atoms. The Balaban J connectivity index is 1.77. The SMILES string of the molecule is COc1ccccc1Nc1nc(Nc2ccc(Cl)cc2C)c2cnn(C)c2n1. The summed E-state index contributed by atoms with van der Waals surface area (Å²) in [5, 5.41) is 12.4. The van der Waals surface area contributed by atoms with Gasteiger partial charge in [0.2, 0.25) is 5.95 Å². The zero-order valence-corrected chi connectivity index (χ0v) is 16.4. The lowest BCUT2D eigenvalue weighted by molar-refractivity contribution is 0.417. The van der Waals surface area contributed by atoms with Crippen LogP contribution in [0.25, 0.3) is 11.0 Å². The maximum Gasteiger partial charge on any atom is 0.231 e. The molecule has 2 aromatic carbocycles. The van der Waals surface area contributed by atoms with Crippen molar-refractivity contribution >= 4 is 45.8 Å². The molecule has 2 aromatic heterocycles. The summed E-state index contributed by atoms with van der Waals surface area (Å²) >= 11 is 6.07. The van der Waals surface area contributed by atoms with Gasteiger partial charge in [-0.25, -0.2) is 0 Å². The first-order valence-corrected chi connectivity index (χ1v) is 9.06. The summed E-state index contributed by atoms with van der Waals surface area (Å²) < 4.78 is 7.12. The number of aromatic nitrogens is 4. The van der Waals surface area contributed by atoms with E-state index in [1.807, 2.05) is 56.4 Å². The van der Waals surface area contributed by atoms with Crippen molar-refractivity contribution in [3.63, 3.8) is 0 Å². The Labute approximate surface area is 167 Å². The molecule has 0 unspecified atom stereocenters. The molecular weight excluding hydrogens is 376 g/mol. The highest BCUT2D eigenvalue weighted by Gasteiger charge is 2.14. The minimum absolute atomic E-state index is 0.440. The topological polar surface area (TPSA) is 76.9 Å². The summed E-state index contributed by atoms with van der Waals surface area (Å²) in [5.74, 6) is 1.80. The number of nitrogens with zero attached hydrogens (tertiary/aromatic N) is 4. The summed E-state index contributed by atoms with van der Waals surface area (Å²) in [6.07, 6.45) is 1.75. The van der Waals surface area contributed by atoms with Crippen LogP contribution in [0.4, 0.5) is 23.1 Å². The molecule has 0 aliphatic carbocycles. The minimum Gasteiger partial charge on any atom is -0.495 e. The standard InChI is InChI=1S/C20H19ClN6O/c1-12-10-13(21)8-9-15(12)23-18-14-11-22-27(2)19(14)26-20(25-18)24-16-6-4-5-7-17(16)28-3/h4-11H,1-3H3,(H2,23,24,25,26). The van der Waals surface area contributed by atoms with Gasteiger partial charge >= 0.3 is 0 Å². The number of halogens is 1. The average Bonchev–Trinajstić information content (AvgIpc) is 3.06. The second kappa shape index (κ2) is 7.36. The van der Waals surface area contributed by atoms with E-state index >= 15 is 0 Å². The monoisotopic (exact) mass is 394 g/mol. The molecule has 2 heterocycles. The van der Waals surface area contributed by atoms with Gasteiger partial charge in [0.05, 0.1) is 24.4 Å². The van der Waals surface area contributed by atoms with Crippen molar-refractivity contribution in [2.45, 2.75) is 6.92 Å². The lowest BCUT2D eigenvalue weighted by atomic mass is 10.2. The van der Waals surface area contributed by atoms with E-state index in [4.69, 9.17) is 16.3 Å². The fourth-order valence-corrected chi connectivity index (χ4v) is 3.16. The van der Waals surface area contributed by atoms with E-state index in [2.05, 4.69) is 25.7 Å². The normalized spacial score (nSPS) is 10.9. The van der Waals surface area contributed by atoms with Crippen molar-refractivity contribution < 1.29 is 4.74 Å². The molecule has 4 rings (SSSR count). The van der Waals surface area contributed by atoms with Gasteiger partial charge in [-0.15, -0.1) is 0 Å². The Morgan fingerprint density at radius 2 is 1.86 bits per heavy atom. The number of hydrogen-bond donors (Lipinski definition) is 2. The molecule has 4 aromatic rings. The van der Waals surface area contributed by atoms with Crippen molar-refractivity contribution in [1.29, 1.82) is 0 Å². The van der Waals surface area contributed by atoms with Gasteiger partial charge in [-0.05, 0) is 42.8 Å². The molecule has 0 aliphatic rings. The van der Waals surface area contributed by atoms with Crippen molar-refractivity contribution in [3.8, 4) is 5.75 Å². The molecule has 0 atom stereocenters. The van der Waals surface area contributed by atoms with Crippen molar-refractivity contribution in [2.75, 3.05) is 17.7 Å². The van der Waals surface area contributed by atoms with Crippen molar-refractivity contribution in [2.24, 2.45) is 7.05 Å². The number of hydrogen-bond acceptors (Lipinski definition) is 6. The first kappa shape index (κ1) is 18.1. The number of ether oxygens (including phenoxy) is 1. The number of methoxy groups -OCH3 is 1. The van der Waals surface area contributed by atoms with Gasteiger partial charge in [-0.2, -0.15) is 15.1 Å². The third-order valence-electron chi connectivity index (χ3n) is 4.39. The Bertz CT molecular complexity index is 1160. The molecule has 0 saturated heterocycles. The fourth-order valence-electron chi connectivity index (χ4n) is 2.94. The zero-order chi connectivity index (χ0) is 19.7. The van der Waals surface area contributed by atoms with Gasteiger partial charge in [0.15, 0.2) is 5.65 Å². The zero-order valence-electron chi connectivity index (χ0n) is 15.7. The molecule has 0 bridgehead atoms. The number of aryl methyl sites for hydroxylation is 2. The van der Waals surface area contributed by atoms with Crippen LogP contribution in [-0.2, 0) is 7.05 Å². The van der Waals surface area contributed by atoms with Crippen LogP contribution in [0.3, 0.4) is 0 Å². The van der Waals surface area contributed by atoms with Crippen LogP contribution in [0.5, 0.6) is 5.75 Å². The molecule has 0 amide bonds. The van der Waals surface area contributed by atoms with E-state index in [1.165, 1.54) is 0 Å². The largest absolute Gasteiger partial charge is 0.495 e. The van der Waals surface area contributed by atoms with E-state index in [9.17, 15) is 0 Å². The first-order valence-electron chi connectivity index (χ1n) is 8.68. The Hall–Kier alpha value is -3.32. The Morgan fingerprint density at radius 1 is 1.04 bits per heavy atom. The molecule has 0 saturated carbocycles. The maximum absolute atomic E-state index is 6.07. The third-order valence-corrected chi connectivity index (χ3v) is 4.62. The highest BCUT2D eigenvalue weighted by atomic mass is 35.5. The predicted molar refractivity (Wildman–Crippen MR) is 112 cm³/mol. The number of para-hydroxylation sites is 2. The molecule has 2 N–H and O–H groups in total. The lowest BCUT2D eigenvalue weighted by Crippen LogP contribution is -2.04. The number of benzene rings is 2. The van der Waals surface area contributed by atoms with Crippen LogP contribution in [0.15, 0.2) is 48.7 Å². The van der Waals surface area contributed by atoms with Gasteiger partial charge in [-0.1, -0.05) is 23.7 Å². The highest BCUT2D eigenvalue weighted by molar-refractivity contribution is 6.30. The predicted octanol–water partition coefficient (Wildman–Crippen LogP) is 4.82. The minimum atomic E-state index is 0.440. The van der Waals surface area contributed by atoms with Crippen molar-refractivity contribution in [3.05, 3.63) is 59.2 Å². The van der Waals surface area contributed by atoms with E-state index < -0.39 is 0 Å². The van der Waals surface area contributed by atoms with Crippen molar-refractivity contribution in [1.82, 2.24) is 19.7 Å². The smallest absolute Gasteiger partial charge is 0.231 e. The number of rotatable bonds is 5. The molecule has 0 aliphatic heterocycles. The van der Waals surface area contributed by atoms with E-state index in [1.54, 1.807) is 18.0 Å². The van der Waals surface area contributed by atoms with Crippen LogP contribution >= 0.6 is 11.6 Å². The summed E-state index contributed by atoms with van der Waals surface area (Å²) in [6.45, 7) is 1.99. The summed E-state index contributed by atoms with van der Waals surface area (Å²) in [4.78, 5) is 9.27. The van der Waals surface area contributed by atoms with Crippen LogP contribution < -0.4 is 15.4 Å². The molecule has 0 spiro atoms. The van der Waals surface area contributed by atoms with Crippen LogP contribution in [0.1, 0.15) is 5.56 Å². The molecule has 0 fully saturated rings. The summed E-state index contributed by atoms with van der Waals surface area (Å²) in [7, 11) is 3.47. The van der Waals surface area contributed by atoms with Gasteiger partial charge in [-0.3, -0.25) is 4.68 Å². The second-order valence-electron chi connectivity index (χ2n) is 6.31. The van der Waals surface area contributed by atoms with Gasteiger partial charge in [0, 0.05) is 17.8 Å². The molecule has 7 nitrogen and oxygen atoms in total.